The standard InChI is InChI=1S/C6H11NO8/c8-1-2-3(9)4(10)5(11)6(14-2)15-7(12)13/h2-6,8-11H,1H2/t2-,3-,4+,5+,6?/m1/s1. The Kier molecular flexibility index (Phi) is 3.77. The monoisotopic (exact) mass is 225 g/mol. The molecule has 0 radical (unpaired) electrons. The van der Waals surface area contributed by atoms with Crippen molar-refractivity contribution in [2.75, 3.05) is 6.61 Å². The van der Waals surface area contributed by atoms with Crippen LogP contribution in [0.5, 0.6) is 0 Å². The smallest absolute Gasteiger partial charge is 0.297 e. The van der Waals surface area contributed by atoms with E-state index in [-0.39, 0.29) is 0 Å². The van der Waals surface area contributed by atoms with Gasteiger partial charge in [0.05, 0.1) is 6.61 Å². The van der Waals surface area contributed by atoms with E-state index in [0.29, 0.717) is 0 Å². The van der Waals surface area contributed by atoms with E-state index < -0.39 is 42.4 Å². The summed E-state index contributed by atoms with van der Waals surface area (Å²) in [7, 11) is 0. The normalized spacial score (nSPS) is 41.2. The van der Waals surface area contributed by atoms with Gasteiger partial charge in [0.1, 0.15) is 24.4 Å². The maximum atomic E-state index is 9.98. The number of ether oxygens (including phenoxy) is 1. The van der Waals surface area contributed by atoms with Crippen LogP contribution >= 0.6 is 0 Å². The molecular weight excluding hydrogens is 214 g/mol. The molecule has 1 unspecified atom stereocenters. The van der Waals surface area contributed by atoms with Crippen molar-refractivity contribution in [2.24, 2.45) is 0 Å². The van der Waals surface area contributed by atoms with Gasteiger partial charge in [0.2, 0.25) is 6.29 Å². The van der Waals surface area contributed by atoms with Gasteiger partial charge in [-0.2, -0.15) is 0 Å². The van der Waals surface area contributed by atoms with Gasteiger partial charge in [0.25, 0.3) is 5.09 Å². The molecule has 4 N–H and O–H groups in total. The van der Waals surface area contributed by atoms with Gasteiger partial charge in [-0.1, -0.05) is 0 Å². The predicted molar refractivity (Wildman–Crippen MR) is 41.8 cm³/mol. The second kappa shape index (κ2) is 4.68. The zero-order valence-corrected chi connectivity index (χ0v) is 7.46. The minimum absolute atomic E-state index is 0.664. The van der Waals surface area contributed by atoms with Crippen molar-refractivity contribution in [3.8, 4) is 0 Å². The van der Waals surface area contributed by atoms with Crippen LogP contribution in [0.15, 0.2) is 0 Å². The number of hydrogen-bond acceptors (Lipinski definition) is 8. The Labute approximate surface area is 83.6 Å². The van der Waals surface area contributed by atoms with E-state index in [1.165, 1.54) is 0 Å². The van der Waals surface area contributed by atoms with Gasteiger partial charge < -0.3 is 25.2 Å². The molecule has 5 atom stereocenters. The lowest BCUT2D eigenvalue weighted by atomic mass is 9.99. The fraction of sp³-hybridized carbons (Fsp3) is 1.00. The third kappa shape index (κ3) is 2.52. The Morgan fingerprint density at radius 3 is 2.33 bits per heavy atom. The van der Waals surface area contributed by atoms with Crippen LogP contribution in [-0.4, -0.2) is 62.8 Å². The summed E-state index contributed by atoms with van der Waals surface area (Å²) in [5.41, 5.74) is 0. The Balaban J connectivity index is 2.69. The van der Waals surface area contributed by atoms with Gasteiger partial charge in [-0.25, -0.2) is 0 Å². The first-order valence-electron chi connectivity index (χ1n) is 4.09. The fourth-order valence-electron chi connectivity index (χ4n) is 1.24. The van der Waals surface area contributed by atoms with Crippen molar-refractivity contribution in [1.82, 2.24) is 0 Å². The SMILES string of the molecule is O=[N+]([O-])OC1O[C@H](CO)[C@@H](O)[C@H](O)[C@@H]1O. The highest BCUT2D eigenvalue weighted by molar-refractivity contribution is 4.88. The van der Waals surface area contributed by atoms with Crippen molar-refractivity contribution in [2.45, 2.75) is 30.7 Å². The number of rotatable bonds is 3. The molecule has 1 heterocycles. The van der Waals surface area contributed by atoms with Crippen LogP contribution in [0.4, 0.5) is 0 Å². The topological polar surface area (TPSA) is 143 Å². The third-order valence-electron chi connectivity index (χ3n) is 2.04. The molecule has 1 aliphatic rings. The van der Waals surface area contributed by atoms with Crippen LogP contribution in [0.25, 0.3) is 0 Å². The minimum atomic E-state index is -1.76. The van der Waals surface area contributed by atoms with E-state index >= 15 is 0 Å². The molecule has 9 nitrogen and oxygen atoms in total. The van der Waals surface area contributed by atoms with Gasteiger partial charge in [-0.3, -0.25) is 4.84 Å². The summed E-state index contributed by atoms with van der Waals surface area (Å²) in [6, 6.07) is 0. The lowest BCUT2D eigenvalue weighted by Crippen LogP contribution is -2.59. The van der Waals surface area contributed by atoms with E-state index in [2.05, 4.69) is 9.57 Å². The third-order valence-corrected chi connectivity index (χ3v) is 2.04. The second-order valence-corrected chi connectivity index (χ2v) is 3.03. The zero-order chi connectivity index (χ0) is 11.6. The summed E-state index contributed by atoms with van der Waals surface area (Å²) in [5.74, 6) is 0. The van der Waals surface area contributed by atoms with Gasteiger partial charge in [-0.05, 0) is 0 Å². The van der Waals surface area contributed by atoms with Crippen LogP contribution < -0.4 is 0 Å². The highest BCUT2D eigenvalue weighted by atomic mass is 17.0. The summed E-state index contributed by atoms with van der Waals surface area (Å²) in [4.78, 5) is 13.9. The highest BCUT2D eigenvalue weighted by Crippen LogP contribution is 2.21. The molecule has 0 aliphatic carbocycles. The van der Waals surface area contributed by atoms with E-state index in [1.807, 2.05) is 0 Å². The van der Waals surface area contributed by atoms with E-state index in [0.717, 1.165) is 0 Å². The Hall–Kier alpha value is -1.00. The Morgan fingerprint density at radius 1 is 1.27 bits per heavy atom. The number of nitrogens with zero attached hydrogens (tertiary/aromatic N) is 1. The first-order valence-corrected chi connectivity index (χ1v) is 4.09. The molecule has 0 aromatic carbocycles. The molecule has 1 rings (SSSR count). The Bertz CT molecular complexity index is 233. The molecular formula is C6H11NO8. The summed E-state index contributed by atoms with van der Waals surface area (Å²) >= 11 is 0. The predicted octanol–water partition coefficient (Wildman–Crippen LogP) is -3.01. The van der Waals surface area contributed by atoms with Crippen LogP contribution in [-0.2, 0) is 9.57 Å². The van der Waals surface area contributed by atoms with Gasteiger partial charge in [0, 0.05) is 0 Å². The Morgan fingerprint density at radius 2 is 1.87 bits per heavy atom. The first-order chi connectivity index (χ1) is 6.97. The van der Waals surface area contributed by atoms with Crippen LogP contribution in [0.2, 0.25) is 0 Å². The molecule has 15 heavy (non-hydrogen) atoms. The van der Waals surface area contributed by atoms with Crippen molar-refractivity contribution < 1.29 is 35.1 Å². The molecule has 88 valence electrons. The van der Waals surface area contributed by atoms with Gasteiger partial charge >= 0.3 is 0 Å². The summed E-state index contributed by atoms with van der Waals surface area (Å²) in [5, 5.41) is 45.2. The van der Waals surface area contributed by atoms with Gasteiger partial charge in [-0.15, -0.1) is 10.1 Å². The molecule has 0 amide bonds. The quantitative estimate of drug-likeness (QED) is 0.294. The lowest BCUT2D eigenvalue weighted by Gasteiger charge is -2.38. The zero-order valence-electron chi connectivity index (χ0n) is 7.46. The number of aliphatic hydroxyl groups is 4. The molecule has 0 saturated carbocycles. The first kappa shape index (κ1) is 12.1. The van der Waals surface area contributed by atoms with Crippen LogP contribution in [0.3, 0.4) is 0 Å². The van der Waals surface area contributed by atoms with Crippen molar-refractivity contribution in [1.29, 1.82) is 0 Å². The maximum absolute atomic E-state index is 9.98. The average molecular weight is 225 g/mol. The number of aliphatic hydroxyl groups excluding tert-OH is 4. The molecule has 1 fully saturated rings. The minimum Gasteiger partial charge on any atom is -0.394 e. The highest BCUT2D eigenvalue weighted by Gasteiger charge is 2.45. The molecule has 0 bridgehead atoms. The second-order valence-electron chi connectivity index (χ2n) is 3.03. The molecule has 0 spiro atoms. The van der Waals surface area contributed by atoms with E-state index in [4.69, 9.17) is 5.11 Å². The van der Waals surface area contributed by atoms with E-state index in [1.54, 1.807) is 0 Å². The summed E-state index contributed by atoms with van der Waals surface area (Å²) in [6.07, 6.45) is -7.94. The average Bonchev–Trinajstić information content (AvgIpc) is 2.18. The van der Waals surface area contributed by atoms with Crippen LogP contribution in [0.1, 0.15) is 0 Å². The molecule has 0 aromatic heterocycles. The van der Waals surface area contributed by atoms with Gasteiger partial charge in [0.15, 0.2) is 0 Å². The molecule has 0 aromatic rings. The lowest BCUT2D eigenvalue weighted by molar-refractivity contribution is -0.785. The largest absolute Gasteiger partial charge is 0.394 e. The van der Waals surface area contributed by atoms with E-state index in [9.17, 15) is 25.4 Å². The number of hydrogen-bond donors (Lipinski definition) is 4. The van der Waals surface area contributed by atoms with Crippen molar-refractivity contribution in [3.63, 3.8) is 0 Å². The summed E-state index contributed by atoms with van der Waals surface area (Å²) < 4.78 is 4.67. The van der Waals surface area contributed by atoms with Crippen molar-refractivity contribution in [3.05, 3.63) is 10.1 Å². The van der Waals surface area contributed by atoms with Crippen molar-refractivity contribution >= 4 is 0 Å². The molecule has 9 heteroatoms. The fourth-order valence-corrected chi connectivity index (χ4v) is 1.24. The summed E-state index contributed by atoms with van der Waals surface area (Å²) in [6.45, 7) is -0.664. The maximum Gasteiger partial charge on any atom is 0.297 e. The van der Waals surface area contributed by atoms with Crippen LogP contribution in [0, 0.1) is 10.1 Å². The molecule has 1 aliphatic heterocycles. The molecule has 1 saturated heterocycles.